The predicted octanol–water partition coefficient (Wildman–Crippen LogP) is -3.37. The van der Waals surface area contributed by atoms with E-state index in [9.17, 15) is 9.59 Å². The van der Waals surface area contributed by atoms with Crippen LogP contribution in [0.5, 0.6) is 0 Å². The molecule has 0 saturated carbocycles. The first-order valence-electron chi connectivity index (χ1n) is 3.30. The molecule has 3 N–H and O–H groups in total. The summed E-state index contributed by atoms with van der Waals surface area (Å²) in [5.41, 5.74) is 0. The third kappa shape index (κ3) is 4.58. The maximum Gasteiger partial charge on any atom is 1.00 e. The van der Waals surface area contributed by atoms with Gasteiger partial charge in [0.25, 0.3) is 0 Å². The zero-order valence-electron chi connectivity index (χ0n) is 7.76. The molecule has 0 amide bonds. The summed E-state index contributed by atoms with van der Waals surface area (Å²) < 4.78 is 0. The average molecular weight is 200 g/mol. The second-order valence-electron chi connectivity index (χ2n) is 2.41. The van der Waals surface area contributed by atoms with Gasteiger partial charge in [-0.3, -0.25) is 9.59 Å². The molecule has 0 spiro atoms. The molecule has 0 fully saturated rings. The van der Waals surface area contributed by atoms with Gasteiger partial charge in [0.05, 0.1) is 0 Å². The van der Waals surface area contributed by atoms with E-state index in [1.165, 1.54) is 13.8 Å². The quantitative estimate of drug-likeness (QED) is 0.323. The Labute approximate surface area is 97.4 Å². The Morgan fingerprint density at radius 3 is 1.46 bits per heavy atom. The number of aliphatic carboxylic acids is 2. The molecule has 6 nitrogen and oxygen atoms in total. The molecule has 70 valence electrons. The van der Waals surface area contributed by atoms with Gasteiger partial charge in [0.1, 0.15) is 12.1 Å². The number of carboxylic acids is 2. The number of carbonyl (C=O) groups is 2. The first-order valence-corrected chi connectivity index (χ1v) is 3.30. The van der Waals surface area contributed by atoms with E-state index in [1.54, 1.807) is 0 Å². The van der Waals surface area contributed by atoms with E-state index in [1.807, 2.05) is 0 Å². The van der Waals surface area contributed by atoms with E-state index in [0.29, 0.717) is 0 Å². The topological polar surface area (TPSA) is 98.1 Å². The standard InChI is InChI=1S/C6H11NO5.Na/c1-3(5(8)9)7(12)4(2)6(10)11;/h3-4,12H,1-2H3,(H,8,9)(H,10,11);/q;+1. The molecule has 0 aromatic heterocycles. The Bertz CT molecular complexity index is 177. The van der Waals surface area contributed by atoms with Gasteiger partial charge in [0.2, 0.25) is 0 Å². The molecule has 2 atom stereocenters. The normalized spacial score (nSPS) is 14.5. The van der Waals surface area contributed by atoms with Gasteiger partial charge in [0, 0.05) is 0 Å². The molecule has 0 aliphatic carbocycles. The van der Waals surface area contributed by atoms with Crippen molar-refractivity contribution in [1.82, 2.24) is 5.06 Å². The van der Waals surface area contributed by atoms with Gasteiger partial charge < -0.3 is 15.4 Å². The monoisotopic (exact) mass is 200 g/mol. The molecule has 0 heterocycles. The molecule has 7 heteroatoms. The summed E-state index contributed by atoms with van der Waals surface area (Å²) in [7, 11) is 0. The Hall–Kier alpha value is -0.140. The predicted molar refractivity (Wildman–Crippen MR) is 37.8 cm³/mol. The molecule has 0 aromatic rings. The van der Waals surface area contributed by atoms with Crippen LogP contribution in [-0.2, 0) is 9.59 Å². The zero-order chi connectivity index (χ0) is 9.89. The van der Waals surface area contributed by atoms with Gasteiger partial charge in [-0.1, -0.05) is 0 Å². The third-order valence-corrected chi connectivity index (χ3v) is 1.51. The summed E-state index contributed by atoms with van der Waals surface area (Å²) in [5, 5.41) is 26.1. The van der Waals surface area contributed by atoms with Crippen molar-refractivity contribution in [1.29, 1.82) is 0 Å². The van der Waals surface area contributed by atoms with Crippen molar-refractivity contribution in [3.8, 4) is 0 Å². The molecule has 0 saturated heterocycles. The van der Waals surface area contributed by atoms with Crippen molar-refractivity contribution in [2.24, 2.45) is 0 Å². The Morgan fingerprint density at radius 1 is 1.08 bits per heavy atom. The van der Waals surface area contributed by atoms with Crippen LogP contribution < -0.4 is 29.6 Å². The van der Waals surface area contributed by atoms with Crippen LogP contribution in [0.2, 0.25) is 0 Å². The van der Waals surface area contributed by atoms with E-state index in [0.717, 1.165) is 0 Å². The molecule has 0 rings (SSSR count). The van der Waals surface area contributed by atoms with Crippen molar-refractivity contribution < 1.29 is 54.6 Å². The minimum atomic E-state index is -1.27. The minimum absolute atomic E-state index is 0. The van der Waals surface area contributed by atoms with Crippen molar-refractivity contribution in [3.05, 3.63) is 0 Å². The zero-order valence-corrected chi connectivity index (χ0v) is 9.76. The van der Waals surface area contributed by atoms with Crippen LogP contribution >= 0.6 is 0 Å². The molecule has 2 unspecified atom stereocenters. The van der Waals surface area contributed by atoms with Crippen molar-refractivity contribution >= 4 is 11.9 Å². The molecule has 0 aliphatic heterocycles. The average Bonchev–Trinajstić information content (AvgIpc) is 2.00. The first-order chi connectivity index (χ1) is 5.37. The van der Waals surface area contributed by atoms with Gasteiger partial charge in [-0.05, 0) is 13.8 Å². The molecule has 0 radical (unpaired) electrons. The van der Waals surface area contributed by atoms with Crippen molar-refractivity contribution in [3.63, 3.8) is 0 Å². The van der Waals surface area contributed by atoms with Crippen molar-refractivity contribution in [2.45, 2.75) is 25.9 Å². The Kier molecular flexibility index (Phi) is 7.47. The maximum absolute atomic E-state index is 10.3. The van der Waals surface area contributed by atoms with E-state index in [4.69, 9.17) is 15.4 Å². The van der Waals surface area contributed by atoms with Crippen LogP contribution in [-0.4, -0.2) is 44.5 Å². The second kappa shape index (κ2) is 6.33. The summed E-state index contributed by atoms with van der Waals surface area (Å²) in [5.74, 6) is -2.55. The fourth-order valence-electron chi connectivity index (χ4n) is 0.562. The van der Waals surface area contributed by atoms with Gasteiger partial charge in [-0.2, -0.15) is 5.06 Å². The number of hydrogen-bond donors (Lipinski definition) is 3. The van der Waals surface area contributed by atoms with Crippen molar-refractivity contribution in [2.75, 3.05) is 0 Å². The summed E-state index contributed by atoms with van der Waals surface area (Å²) in [4.78, 5) is 20.5. The van der Waals surface area contributed by atoms with Gasteiger partial charge in [-0.15, -0.1) is 0 Å². The third-order valence-electron chi connectivity index (χ3n) is 1.51. The number of nitrogens with zero attached hydrogens (tertiary/aromatic N) is 1. The van der Waals surface area contributed by atoms with E-state index in [2.05, 4.69) is 0 Å². The van der Waals surface area contributed by atoms with Crippen LogP contribution in [0.1, 0.15) is 13.8 Å². The molecule has 13 heavy (non-hydrogen) atoms. The molecule has 0 aromatic carbocycles. The van der Waals surface area contributed by atoms with Crippen LogP contribution in [0.25, 0.3) is 0 Å². The minimum Gasteiger partial charge on any atom is -0.480 e. The van der Waals surface area contributed by atoms with E-state index < -0.39 is 24.0 Å². The Morgan fingerprint density at radius 2 is 1.31 bits per heavy atom. The van der Waals surface area contributed by atoms with Crippen LogP contribution in [0.3, 0.4) is 0 Å². The summed E-state index contributed by atoms with van der Waals surface area (Å²) >= 11 is 0. The SMILES string of the molecule is CC(C(=O)O)N(O)C(C)C(=O)O.[Na+]. The summed E-state index contributed by atoms with van der Waals surface area (Å²) in [6, 6.07) is -2.45. The largest absolute Gasteiger partial charge is 1.00 e. The van der Waals surface area contributed by atoms with E-state index in [-0.39, 0.29) is 34.6 Å². The van der Waals surface area contributed by atoms with Gasteiger partial charge in [0.15, 0.2) is 0 Å². The fourth-order valence-corrected chi connectivity index (χ4v) is 0.562. The maximum atomic E-state index is 10.3. The van der Waals surface area contributed by atoms with Crippen LogP contribution in [0, 0.1) is 0 Å². The van der Waals surface area contributed by atoms with E-state index >= 15 is 0 Å². The smallest absolute Gasteiger partial charge is 0.480 e. The summed E-state index contributed by atoms with van der Waals surface area (Å²) in [6.45, 7) is 2.39. The van der Waals surface area contributed by atoms with Gasteiger partial charge in [-0.25, -0.2) is 0 Å². The number of hydroxylamine groups is 2. The number of rotatable bonds is 4. The number of carboxylic acid groups (broad SMARTS) is 2. The van der Waals surface area contributed by atoms with Crippen LogP contribution in [0.15, 0.2) is 0 Å². The molecule has 0 bridgehead atoms. The second-order valence-corrected chi connectivity index (χ2v) is 2.41. The fraction of sp³-hybridized carbons (Fsp3) is 0.667. The number of hydrogen-bond acceptors (Lipinski definition) is 4. The molecule has 0 aliphatic rings. The first kappa shape index (κ1) is 15.3. The van der Waals surface area contributed by atoms with Gasteiger partial charge >= 0.3 is 41.5 Å². The molecular formula is C6H11NNaO5+. The Balaban J connectivity index is 0. The van der Waals surface area contributed by atoms with Crippen LogP contribution in [0.4, 0.5) is 0 Å². The molecular weight excluding hydrogens is 189 g/mol. The summed E-state index contributed by atoms with van der Waals surface area (Å²) in [6.07, 6.45) is 0.